The van der Waals surface area contributed by atoms with Gasteiger partial charge in [-0.05, 0) is 44.1 Å². The smallest absolute Gasteiger partial charge is 0.328 e. The van der Waals surface area contributed by atoms with Crippen LogP contribution in [0.4, 0.5) is 4.79 Å². The number of carbonyl (C=O) groups is 2. The minimum atomic E-state index is -0.358. The Balaban J connectivity index is 1.69. The molecule has 2 rings (SSSR count). The van der Waals surface area contributed by atoms with Gasteiger partial charge in [0.1, 0.15) is 0 Å². The molecule has 126 valence electrons. The van der Waals surface area contributed by atoms with Crippen LogP contribution < -0.4 is 21.9 Å². The summed E-state index contributed by atoms with van der Waals surface area (Å²) < 4.78 is 0. The summed E-state index contributed by atoms with van der Waals surface area (Å²) in [4.78, 5) is 23.3. The fourth-order valence-corrected chi connectivity index (χ4v) is 2.96. The molecule has 0 radical (unpaired) electrons. The predicted octanol–water partition coefficient (Wildman–Crippen LogP) is 1.59. The summed E-state index contributed by atoms with van der Waals surface area (Å²) in [5.41, 5.74) is 4.39. The first kappa shape index (κ1) is 17.3. The molecule has 0 heterocycles. The highest BCUT2D eigenvalue weighted by Gasteiger charge is 2.26. The number of nitrogens with one attached hydrogen (secondary N) is 3. The molecular weight excluding hydrogens is 292 g/mol. The van der Waals surface area contributed by atoms with Crippen LogP contribution in [0.5, 0.6) is 0 Å². The van der Waals surface area contributed by atoms with E-state index in [1.807, 2.05) is 19.1 Å². The van der Waals surface area contributed by atoms with Crippen molar-refractivity contribution in [2.45, 2.75) is 39.2 Å². The summed E-state index contributed by atoms with van der Waals surface area (Å²) in [5.74, 6) is 5.67. The standard InChI is InChI=1S/C17H26N4O2/c1-12-2-4-13(5-3-12)10-19-16(22)15-8-6-14(7-9-15)11-20-17(23)21-18/h2-5,14-15H,6-11,18H2,1H3,(H,19,22)(H2,20,21,23). The van der Waals surface area contributed by atoms with Gasteiger partial charge in [-0.3, -0.25) is 10.2 Å². The number of urea groups is 1. The zero-order chi connectivity index (χ0) is 16.7. The lowest BCUT2D eigenvalue weighted by molar-refractivity contribution is -0.126. The van der Waals surface area contributed by atoms with Gasteiger partial charge >= 0.3 is 6.03 Å². The number of rotatable bonds is 5. The first-order valence-electron chi connectivity index (χ1n) is 8.16. The van der Waals surface area contributed by atoms with Crippen LogP contribution in [0.15, 0.2) is 24.3 Å². The molecule has 23 heavy (non-hydrogen) atoms. The molecule has 1 aliphatic rings. The maximum Gasteiger partial charge on any atom is 0.328 e. The molecule has 6 heteroatoms. The molecule has 0 saturated heterocycles. The van der Waals surface area contributed by atoms with Crippen LogP contribution in [0.25, 0.3) is 0 Å². The van der Waals surface area contributed by atoms with Gasteiger partial charge in [-0.25, -0.2) is 10.6 Å². The average molecular weight is 318 g/mol. The maximum atomic E-state index is 12.3. The summed E-state index contributed by atoms with van der Waals surface area (Å²) in [6.45, 7) is 3.24. The molecule has 6 nitrogen and oxygen atoms in total. The number of amides is 3. The summed E-state index contributed by atoms with van der Waals surface area (Å²) in [6, 6.07) is 7.83. The van der Waals surface area contributed by atoms with E-state index >= 15 is 0 Å². The third-order valence-corrected chi connectivity index (χ3v) is 4.49. The third kappa shape index (κ3) is 5.56. The molecule has 0 aliphatic heterocycles. The van der Waals surface area contributed by atoms with Crippen LogP contribution in [-0.4, -0.2) is 18.5 Å². The van der Waals surface area contributed by atoms with Crippen LogP contribution in [0, 0.1) is 18.8 Å². The molecule has 0 aromatic heterocycles. The normalized spacial score (nSPS) is 20.6. The molecule has 3 amide bonds. The van der Waals surface area contributed by atoms with Gasteiger partial charge < -0.3 is 10.6 Å². The zero-order valence-corrected chi connectivity index (χ0v) is 13.6. The van der Waals surface area contributed by atoms with E-state index in [1.165, 1.54) is 5.56 Å². The van der Waals surface area contributed by atoms with Crippen molar-refractivity contribution in [3.8, 4) is 0 Å². The van der Waals surface area contributed by atoms with E-state index < -0.39 is 0 Å². The van der Waals surface area contributed by atoms with Crippen molar-refractivity contribution < 1.29 is 9.59 Å². The van der Waals surface area contributed by atoms with Crippen LogP contribution >= 0.6 is 0 Å². The summed E-state index contributed by atoms with van der Waals surface area (Å²) in [6.07, 6.45) is 3.65. The van der Waals surface area contributed by atoms with Crippen molar-refractivity contribution in [1.29, 1.82) is 0 Å². The van der Waals surface area contributed by atoms with Crippen LogP contribution in [-0.2, 0) is 11.3 Å². The van der Waals surface area contributed by atoms with E-state index in [9.17, 15) is 9.59 Å². The van der Waals surface area contributed by atoms with Gasteiger partial charge in [0.05, 0.1) is 0 Å². The van der Waals surface area contributed by atoms with Crippen LogP contribution in [0.1, 0.15) is 36.8 Å². The molecule has 0 bridgehead atoms. The lowest BCUT2D eigenvalue weighted by Crippen LogP contribution is -2.42. The van der Waals surface area contributed by atoms with E-state index in [1.54, 1.807) is 0 Å². The van der Waals surface area contributed by atoms with E-state index in [0.29, 0.717) is 19.0 Å². The first-order valence-corrected chi connectivity index (χ1v) is 8.16. The van der Waals surface area contributed by atoms with Crippen molar-refractivity contribution >= 4 is 11.9 Å². The molecular formula is C17H26N4O2. The molecule has 1 saturated carbocycles. The molecule has 1 fully saturated rings. The number of benzene rings is 1. The largest absolute Gasteiger partial charge is 0.352 e. The van der Waals surface area contributed by atoms with E-state index in [2.05, 4.69) is 28.2 Å². The number of hydrazine groups is 1. The van der Waals surface area contributed by atoms with Crippen molar-refractivity contribution in [2.75, 3.05) is 6.54 Å². The SMILES string of the molecule is Cc1ccc(CNC(=O)C2CCC(CNC(=O)NN)CC2)cc1. The summed E-state index contributed by atoms with van der Waals surface area (Å²) in [5, 5.41) is 5.75. The van der Waals surface area contributed by atoms with Crippen LogP contribution in [0.2, 0.25) is 0 Å². The molecule has 1 aliphatic carbocycles. The van der Waals surface area contributed by atoms with Gasteiger partial charge in [0.15, 0.2) is 0 Å². The summed E-state index contributed by atoms with van der Waals surface area (Å²) in [7, 11) is 0. The van der Waals surface area contributed by atoms with E-state index in [4.69, 9.17) is 5.84 Å². The molecule has 1 aromatic carbocycles. The fourth-order valence-electron chi connectivity index (χ4n) is 2.96. The van der Waals surface area contributed by atoms with Crippen molar-refractivity contribution in [3.63, 3.8) is 0 Å². The highest BCUT2D eigenvalue weighted by molar-refractivity contribution is 5.78. The molecule has 1 aromatic rings. The van der Waals surface area contributed by atoms with Crippen molar-refractivity contribution in [2.24, 2.45) is 17.7 Å². The number of hydrogen-bond acceptors (Lipinski definition) is 3. The minimum Gasteiger partial charge on any atom is -0.352 e. The third-order valence-electron chi connectivity index (χ3n) is 4.49. The Labute approximate surface area is 137 Å². The fraction of sp³-hybridized carbons (Fsp3) is 0.529. The van der Waals surface area contributed by atoms with Gasteiger partial charge in [-0.1, -0.05) is 29.8 Å². The number of hydrogen-bond donors (Lipinski definition) is 4. The second-order valence-electron chi connectivity index (χ2n) is 6.28. The first-order chi connectivity index (χ1) is 11.1. The topological polar surface area (TPSA) is 96.2 Å². The quantitative estimate of drug-likeness (QED) is 0.377. The van der Waals surface area contributed by atoms with Crippen LogP contribution in [0.3, 0.4) is 0 Å². The zero-order valence-electron chi connectivity index (χ0n) is 13.6. The molecule has 0 spiro atoms. The highest BCUT2D eigenvalue weighted by Crippen LogP contribution is 2.28. The minimum absolute atomic E-state index is 0.0834. The Kier molecular flexibility index (Phi) is 6.40. The van der Waals surface area contributed by atoms with Crippen molar-refractivity contribution in [1.82, 2.24) is 16.1 Å². The second-order valence-corrected chi connectivity index (χ2v) is 6.28. The Bertz CT molecular complexity index is 522. The Hall–Kier alpha value is -2.08. The molecule has 5 N–H and O–H groups in total. The van der Waals surface area contributed by atoms with Gasteiger partial charge in [-0.2, -0.15) is 0 Å². The van der Waals surface area contributed by atoms with Gasteiger partial charge in [0, 0.05) is 19.0 Å². The Morgan fingerprint density at radius 3 is 2.35 bits per heavy atom. The molecule has 0 atom stereocenters. The van der Waals surface area contributed by atoms with E-state index in [-0.39, 0.29) is 17.9 Å². The average Bonchev–Trinajstić information content (AvgIpc) is 2.59. The lowest BCUT2D eigenvalue weighted by Gasteiger charge is -2.27. The monoisotopic (exact) mass is 318 g/mol. The maximum absolute atomic E-state index is 12.3. The highest BCUT2D eigenvalue weighted by atomic mass is 16.2. The lowest BCUT2D eigenvalue weighted by atomic mass is 9.81. The predicted molar refractivity (Wildman–Crippen MR) is 89.2 cm³/mol. The molecule has 0 unspecified atom stereocenters. The number of nitrogens with two attached hydrogens (primary N) is 1. The Morgan fingerprint density at radius 1 is 1.09 bits per heavy atom. The number of carbonyl (C=O) groups excluding carboxylic acids is 2. The van der Waals surface area contributed by atoms with Gasteiger partial charge in [-0.15, -0.1) is 0 Å². The second kappa shape index (κ2) is 8.53. The Morgan fingerprint density at radius 2 is 1.74 bits per heavy atom. The summed E-state index contributed by atoms with van der Waals surface area (Å²) >= 11 is 0. The van der Waals surface area contributed by atoms with Gasteiger partial charge in [0.2, 0.25) is 5.91 Å². The van der Waals surface area contributed by atoms with Crippen molar-refractivity contribution in [3.05, 3.63) is 35.4 Å². The van der Waals surface area contributed by atoms with E-state index in [0.717, 1.165) is 31.2 Å². The number of aryl methyl sites for hydroxylation is 1. The van der Waals surface area contributed by atoms with Gasteiger partial charge in [0.25, 0.3) is 0 Å².